The molecule has 0 spiro atoms. The Morgan fingerprint density at radius 3 is 0.917 bits per heavy atom. The summed E-state index contributed by atoms with van der Waals surface area (Å²) in [6, 6.07) is 0. The lowest BCUT2D eigenvalue weighted by atomic mass is 10.2. The van der Waals surface area contributed by atoms with E-state index in [1.54, 1.807) is 0 Å². The lowest BCUT2D eigenvalue weighted by molar-refractivity contribution is 0.702. The van der Waals surface area contributed by atoms with Gasteiger partial charge in [-0.05, 0) is 0 Å². The number of rotatable bonds is 3. The van der Waals surface area contributed by atoms with Gasteiger partial charge in [-0.3, -0.25) is 0 Å². The van der Waals surface area contributed by atoms with E-state index in [0.717, 1.165) is 0 Å². The SMILES string of the molecule is C.CC.CCC.CCCCCC. The van der Waals surface area contributed by atoms with Crippen LogP contribution in [-0.2, 0) is 0 Å². The highest BCUT2D eigenvalue weighted by Crippen LogP contribution is 1.95. The zero-order valence-electron chi connectivity index (χ0n) is 9.54. The molecule has 0 unspecified atom stereocenters. The molecular formula is C12H32. The van der Waals surface area contributed by atoms with Crippen LogP contribution in [0.1, 0.15) is 81.1 Å². The maximum absolute atomic E-state index is 2.23. The van der Waals surface area contributed by atoms with Crippen molar-refractivity contribution in [2.75, 3.05) is 0 Å². The lowest BCUT2D eigenvalue weighted by Gasteiger charge is -1.86. The molecule has 0 saturated carbocycles. The first-order valence-corrected chi connectivity index (χ1v) is 5.33. The van der Waals surface area contributed by atoms with E-state index in [-0.39, 0.29) is 7.43 Å². The van der Waals surface area contributed by atoms with Crippen LogP contribution in [0.4, 0.5) is 0 Å². The molecule has 0 aromatic rings. The van der Waals surface area contributed by atoms with Crippen LogP contribution in [0.25, 0.3) is 0 Å². The average molecular weight is 176 g/mol. The second kappa shape index (κ2) is 44.0. The van der Waals surface area contributed by atoms with Crippen LogP contribution in [0.3, 0.4) is 0 Å². The summed E-state index contributed by atoms with van der Waals surface area (Å²) < 4.78 is 0. The number of hydrogen-bond acceptors (Lipinski definition) is 0. The zero-order valence-corrected chi connectivity index (χ0v) is 9.54. The summed E-state index contributed by atoms with van der Waals surface area (Å²) >= 11 is 0. The molecule has 0 amide bonds. The molecule has 0 atom stereocenters. The molecule has 0 N–H and O–H groups in total. The maximum Gasteiger partial charge on any atom is -0.0536 e. The number of hydrogen-bond donors (Lipinski definition) is 0. The van der Waals surface area contributed by atoms with Crippen LogP contribution in [0.2, 0.25) is 0 Å². The van der Waals surface area contributed by atoms with Crippen molar-refractivity contribution in [1.82, 2.24) is 0 Å². The van der Waals surface area contributed by atoms with Crippen LogP contribution >= 0.6 is 0 Å². The predicted molar refractivity (Wildman–Crippen MR) is 63.9 cm³/mol. The molecule has 12 heavy (non-hydrogen) atoms. The maximum atomic E-state index is 2.23. The van der Waals surface area contributed by atoms with Gasteiger partial charge in [0.15, 0.2) is 0 Å². The second-order valence-corrected chi connectivity index (χ2v) is 2.41. The van der Waals surface area contributed by atoms with Crippen molar-refractivity contribution in [3.63, 3.8) is 0 Å². The summed E-state index contributed by atoms with van der Waals surface area (Å²) in [4.78, 5) is 0. The van der Waals surface area contributed by atoms with E-state index < -0.39 is 0 Å². The van der Waals surface area contributed by atoms with Crippen LogP contribution in [-0.4, -0.2) is 0 Å². The fraction of sp³-hybridized carbons (Fsp3) is 1.00. The Morgan fingerprint density at radius 1 is 0.667 bits per heavy atom. The van der Waals surface area contributed by atoms with Crippen LogP contribution in [0.5, 0.6) is 0 Å². The van der Waals surface area contributed by atoms with Crippen molar-refractivity contribution in [2.24, 2.45) is 0 Å². The van der Waals surface area contributed by atoms with Gasteiger partial charge in [-0.15, -0.1) is 0 Å². The van der Waals surface area contributed by atoms with E-state index in [0.29, 0.717) is 0 Å². The average Bonchev–Trinajstić information content (AvgIpc) is 2.06. The van der Waals surface area contributed by atoms with Crippen molar-refractivity contribution < 1.29 is 0 Å². The first kappa shape index (κ1) is 22.7. The Balaban J connectivity index is -0.0000000462. The summed E-state index contributed by atoms with van der Waals surface area (Å²) in [5.41, 5.74) is 0. The predicted octanol–water partition coefficient (Wildman–Crippen LogP) is 5.67. The van der Waals surface area contributed by atoms with E-state index in [9.17, 15) is 0 Å². The minimum Gasteiger partial charge on any atom is -0.0776 e. The van der Waals surface area contributed by atoms with E-state index in [4.69, 9.17) is 0 Å². The molecule has 80 valence electrons. The fourth-order valence-electron chi connectivity index (χ4n) is 0.500. The Kier molecular flexibility index (Phi) is 83.2. The molecule has 0 fully saturated rings. The highest BCUT2D eigenvalue weighted by atomic mass is 13.8. The Bertz CT molecular complexity index is 19.2. The lowest BCUT2D eigenvalue weighted by Crippen LogP contribution is -1.66. The topological polar surface area (TPSA) is 0 Å². The quantitative estimate of drug-likeness (QED) is 0.486. The molecule has 0 aliphatic rings. The van der Waals surface area contributed by atoms with Crippen molar-refractivity contribution in [2.45, 2.75) is 81.1 Å². The van der Waals surface area contributed by atoms with Gasteiger partial charge in [-0.2, -0.15) is 0 Å². The Labute approximate surface area is 81.8 Å². The summed E-state index contributed by atoms with van der Waals surface area (Å²) in [5, 5.41) is 0. The third-order valence-electron chi connectivity index (χ3n) is 0.957. The van der Waals surface area contributed by atoms with Gasteiger partial charge in [-0.1, -0.05) is 81.1 Å². The monoisotopic (exact) mass is 176 g/mol. The summed E-state index contributed by atoms with van der Waals surface area (Å²) in [6.07, 6.45) is 6.79. The van der Waals surface area contributed by atoms with Crippen molar-refractivity contribution >= 4 is 0 Å². The minimum absolute atomic E-state index is 0. The molecular weight excluding hydrogens is 144 g/mol. The Hall–Kier alpha value is 0. The molecule has 0 heteroatoms. The molecule has 0 rings (SSSR count). The molecule has 0 aromatic heterocycles. The molecule has 0 nitrogen and oxygen atoms in total. The van der Waals surface area contributed by atoms with Gasteiger partial charge in [0.25, 0.3) is 0 Å². The highest BCUT2D eigenvalue weighted by molar-refractivity contribution is 4.31. The molecule has 0 aromatic carbocycles. The molecule has 0 aliphatic heterocycles. The normalized spacial score (nSPS) is 6.50. The van der Waals surface area contributed by atoms with Crippen LogP contribution in [0, 0.1) is 0 Å². The molecule has 0 bridgehead atoms. The van der Waals surface area contributed by atoms with E-state index in [1.165, 1.54) is 32.1 Å². The number of unbranched alkanes of at least 4 members (excludes halogenated alkanes) is 3. The first-order valence-electron chi connectivity index (χ1n) is 5.33. The van der Waals surface area contributed by atoms with Gasteiger partial charge in [0.2, 0.25) is 0 Å². The molecule has 0 saturated heterocycles. The molecule has 0 aliphatic carbocycles. The van der Waals surface area contributed by atoms with E-state index in [1.807, 2.05) is 13.8 Å². The third kappa shape index (κ3) is 90.0. The highest BCUT2D eigenvalue weighted by Gasteiger charge is 1.75. The Morgan fingerprint density at radius 2 is 0.833 bits per heavy atom. The van der Waals surface area contributed by atoms with E-state index >= 15 is 0 Å². The minimum atomic E-state index is 0. The first-order chi connectivity index (χ1) is 5.33. The molecule has 0 radical (unpaired) electrons. The molecule has 0 heterocycles. The van der Waals surface area contributed by atoms with Gasteiger partial charge in [-0.25, -0.2) is 0 Å². The van der Waals surface area contributed by atoms with Gasteiger partial charge >= 0.3 is 0 Å². The van der Waals surface area contributed by atoms with Crippen LogP contribution in [0.15, 0.2) is 0 Å². The standard InChI is InChI=1S/C6H14.C3H8.C2H6.CH4/c1-3-5-6-4-2;1-3-2;1-2;/h3-6H2,1-2H3;3H2,1-2H3;1-2H3;1H4. The summed E-state index contributed by atoms with van der Waals surface area (Å²) in [5.74, 6) is 0. The smallest absolute Gasteiger partial charge is 0.0536 e. The largest absolute Gasteiger partial charge is 0.0776 e. The fourth-order valence-corrected chi connectivity index (χ4v) is 0.500. The summed E-state index contributed by atoms with van der Waals surface area (Å²) in [7, 11) is 0. The van der Waals surface area contributed by atoms with Crippen LogP contribution < -0.4 is 0 Å². The zero-order chi connectivity index (χ0) is 9.54. The van der Waals surface area contributed by atoms with Crippen molar-refractivity contribution in [1.29, 1.82) is 0 Å². The van der Waals surface area contributed by atoms with Gasteiger partial charge in [0, 0.05) is 0 Å². The summed E-state index contributed by atoms with van der Waals surface area (Å²) in [6.45, 7) is 12.7. The van der Waals surface area contributed by atoms with Gasteiger partial charge in [0.1, 0.15) is 0 Å². The van der Waals surface area contributed by atoms with Gasteiger partial charge < -0.3 is 0 Å². The third-order valence-corrected chi connectivity index (χ3v) is 0.957. The van der Waals surface area contributed by atoms with Gasteiger partial charge in [0.05, 0.1) is 0 Å². The van der Waals surface area contributed by atoms with E-state index in [2.05, 4.69) is 27.7 Å². The van der Waals surface area contributed by atoms with Crippen molar-refractivity contribution in [3.05, 3.63) is 0 Å². The second-order valence-electron chi connectivity index (χ2n) is 2.41. The van der Waals surface area contributed by atoms with Crippen molar-refractivity contribution in [3.8, 4) is 0 Å².